The molecule has 2 fully saturated rings. The monoisotopic (exact) mass is 454 g/mol. The number of nitrogens with zero attached hydrogens (tertiary/aromatic N) is 3. The van der Waals surface area contributed by atoms with Gasteiger partial charge in [-0.25, -0.2) is 4.79 Å². The van der Waals surface area contributed by atoms with Gasteiger partial charge < -0.3 is 24.1 Å². The fourth-order valence-electron chi connectivity index (χ4n) is 4.51. The van der Waals surface area contributed by atoms with Gasteiger partial charge in [0.25, 0.3) is 11.5 Å². The number of aromatic amines is 1. The number of aromatic hydroxyl groups is 1. The molecular weight excluding hydrogens is 432 g/mol. The number of benzene rings is 1. The van der Waals surface area contributed by atoms with Gasteiger partial charge in [0.15, 0.2) is 0 Å². The van der Waals surface area contributed by atoms with E-state index in [2.05, 4.69) is 4.98 Å². The van der Waals surface area contributed by atoms with Crippen LogP contribution in [0.15, 0.2) is 44.7 Å². The minimum atomic E-state index is -0.655. The molecule has 1 aromatic carbocycles. The summed E-state index contributed by atoms with van der Waals surface area (Å²) < 4.78 is 12.2. The molecule has 2 amide bonds. The van der Waals surface area contributed by atoms with Crippen LogP contribution in [0.1, 0.15) is 15.9 Å². The molecule has 33 heavy (non-hydrogen) atoms. The van der Waals surface area contributed by atoms with E-state index in [4.69, 9.17) is 9.15 Å². The molecular formula is C22H22N4O7. The summed E-state index contributed by atoms with van der Waals surface area (Å²) in [4.78, 5) is 55.2. The van der Waals surface area contributed by atoms with Gasteiger partial charge in [-0.2, -0.15) is 0 Å². The lowest BCUT2D eigenvalue weighted by Crippen LogP contribution is -2.54. The van der Waals surface area contributed by atoms with Crippen LogP contribution in [0.5, 0.6) is 5.75 Å². The molecule has 5 rings (SSSR count). The second-order valence-electron chi connectivity index (χ2n) is 8.27. The molecule has 2 atom stereocenters. The molecule has 11 heteroatoms. The number of hydrogen-bond donors (Lipinski definition) is 2. The quantitative estimate of drug-likeness (QED) is 0.570. The van der Waals surface area contributed by atoms with E-state index < -0.39 is 11.2 Å². The number of morpholine rings is 1. The molecule has 2 aromatic heterocycles. The lowest BCUT2D eigenvalue weighted by molar-refractivity contribution is -0.143. The number of rotatable bonds is 3. The van der Waals surface area contributed by atoms with Crippen LogP contribution >= 0.6 is 0 Å². The third-order valence-electron chi connectivity index (χ3n) is 6.24. The van der Waals surface area contributed by atoms with Crippen molar-refractivity contribution >= 4 is 22.8 Å². The van der Waals surface area contributed by atoms with Crippen molar-refractivity contribution in [2.24, 2.45) is 0 Å². The molecule has 0 bridgehead atoms. The fraction of sp³-hybridized carbons (Fsp3) is 0.364. The summed E-state index contributed by atoms with van der Waals surface area (Å²) in [6.07, 6.45) is 2.42. The number of aromatic nitrogens is 2. The highest BCUT2D eigenvalue weighted by Crippen LogP contribution is 2.32. The van der Waals surface area contributed by atoms with Gasteiger partial charge in [0.1, 0.15) is 17.9 Å². The van der Waals surface area contributed by atoms with E-state index >= 15 is 0 Å². The topological polar surface area (TPSA) is 138 Å². The number of fused-ring (bicyclic) bond motifs is 2. The van der Waals surface area contributed by atoms with Crippen LogP contribution in [0, 0.1) is 6.92 Å². The smallest absolute Gasteiger partial charge is 0.328 e. The van der Waals surface area contributed by atoms with E-state index in [1.165, 1.54) is 23.1 Å². The minimum Gasteiger partial charge on any atom is -0.506 e. The fourth-order valence-corrected chi connectivity index (χ4v) is 4.51. The van der Waals surface area contributed by atoms with E-state index in [9.17, 15) is 24.3 Å². The number of aryl methyl sites for hydroxylation is 1. The van der Waals surface area contributed by atoms with Crippen molar-refractivity contribution in [3.63, 3.8) is 0 Å². The van der Waals surface area contributed by atoms with Crippen molar-refractivity contribution < 1.29 is 23.8 Å². The number of phenolic OH excluding ortho intramolecular Hbond substituents is 1. The zero-order chi connectivity index (χ0) is 23.3. The summed E-state index contributed by atoms with van der Waals surface area (Å²) in [5, 5.41) is 11.0. The van der Waals surface area contributed by atoms with Crippen LogP contribution in [0.25, 0.3) is 11.0 Å². The summed E-state index contributed by atoms with van der Waals surface area (Å²) in [6, 6.07) is 4.35. The number of amides is 2. The number of furan rings is 1. The molecule has 11 nitrogen and oxygen atoms in total. The average Bonchev–Trinajstić information content (AvgIpc) is 3.44. The molecule has 0 spiro atoms. The number of hydrogen-bond acceptors (Lipinski definition) is 7. The van der Waals surface area contributed by atoms with Crippen LogP contribution in [-0.4, -0.2) is 74.7 Å². The third-order valence-corrected chi connectivity index (χ3v) is 6.24. The maximum Gasteiger partial charge on any atom is 0.328 e. The Hall–Kier alpha value is -3.86. The number of carbonyl (C=O) groups is 2. The van der Waals surface area contributed by atoms with Crippen LogP contribution in [-0.2, 0) is 16.1 Å². The first-order valence-electron chi connectivity index (χ1n) is 10.5. The summed E-state index contributed by atoms with van der Waals surface area (Å²) in [7, 11) is 0. The Labute approximate surface area is 186 Å². The highest BCUT2D eigenvalue weighted by Gasteiger charge is 2.44. The van der Waals surface area contributed by atoms with E-state index in [1.54, 1.807) is 28.9 Å². The first-order valence-corrected chi connectivity index (χ1v) is 10.5. The first-order chi connectivity index (χ1) is 15.8. The Morgan fingerprint density at radius 1 is 1.21 bits per heavy atom. The molecule has 2 saturated heterocycles. The van der Waals surface area contributed by atoms with Gasteiger partial charge in [0.05, 0.1) is 36.0 Å². The van der Waals surface area contributed by atoms with Crippen LogP contribution in [0.4, 0.5) is 0 Å². The Bertz CT molecular complexity index is 1370. The number of likely N-dealkylation sites (tertiary alicyclic amines) is 1. The van der Waals surface area contributed by atoms with Crippen LogP contribution in [0.3, 0.4) is 0 Å². The maximum atomic E-state index is 13.2. The Morgan fingerprint density at radius 2 is 2.03 bits per heavy atom. The van der Waals surface area contributed by atoms with Gasteiger partial charge >= 0.3 is 5.69 Å². The van der Waals surface area contributed by atoms with E-state index in [0.29, 0.717) is 29.7 Å². The van der Waals surface area contributed by atoms with E-state index in [0.717, 1.165) is 0 Å². The average molecular weight is 454 g/mol. The third kappa shape index (κ3) is 3.59. The second-order valence-corrected chi connectivity index (χ2v) is 8.27. The van der Waals surface area contributed by atoms with Gasteiger partial charge in [0.2, 0.25) is 5.91 Å². The van der Waals surface area contributed by atoms with Crippen LogP contribution < -0.4 is 11.2 Å². The van der Waals surface area contributed by atoms with Crippen LogP contribution in [0.2, 0.25) is 0 Å². The molecule has 0 radical (unpaired) electrons. The summed E-state index contributed by atoms with van der Waals surface area (Å²) >= 11 is 0. The lowest BCUT2D eigenvalue weighted by Gasteiger charge is -2.36. The molecule has 2 N–H and O–H groups in total. The molecule has 4 heterocycles. The number of nitrogens with one attached hydrogen (secondary N) is 1. The highest BCUT2D eigenvalue weighted by atomic mass is 16.5. The van der Waals surface area contributed by atoms with Crippen molar-refractivity contribution in [3.05, 3.63) is 62.6 Å². The minimum absolute atomic E-state index is 0.149. The summed E-state index contributed by atoms with van der Waals surface area (Å²) in [5.74, 6) is -0.824. The number of ether oxygens (including phenoxy) is 1. The number of H-pyrrole nitrogens is 1. The maximum absolute atomic E-state index is 13.2. The van der Waals surface area contributed by atoms with E-state index in [-0.39, 0.29) is 54.9 Å². The SMILES string of the molecule is Cc1cn(CC(=O)N2CCO[C@@H]3CN(C(=O)c4ccc5occc5c4O)C[C@@H]32)c(=O)[nH]c1=O. The first kappa shape index (κ1) is 21.0. The second kappa shape index (κ2) is 7.93. The molecule has 2 aliphatic heterocycles. The Balaban J connectivity index is 1.35. The highest BCUT2D eigenvalue weighted by molar-refractivity contribution is 6.02. The van der Waals surface area contributed by atoms with E-state index in [1.807, 2.05) is 0 Å². The van der Waals surface area contributed by atoms with Gasteiger partial charge in [-0.15, -0.1) is 0 Å². The molecule has 0 saturated carbocycles. The zero-order valence-corrected chi connectivity index (χ0v) is 17.8. The molecule has 2 aliphatic rings. The lowest BCUT2D eigenvalue weighted by atomic mass is 10.1. The molecule has 3 aromatic rings. The largest absolute Gasteiger partial charge is 0.506 e. The Kier molecular flexibility index (Phi) is 5.05. The van der Waals surface area contributed by atoms with Crippen molar-refractivity contribution in [1.29, 1.82) is 0 Å². The number of phenols is 1. The molecule has 0 aliphatic carbocycles. The predicted molar refractivity (Wildman–Crippen MR) is 115 cm³/mol. The molecule has 172 valence electrons. The molecule has 0 unspecified atom stereocenters. The summed E-state index contributed by atoms with van der Waals surface area (Å²) in [6.45, 7) is 2.46. The van der Waals surface area contributed by atoms with Crippen molar-refractivity contribution in [2.45, 2.75) is 25.6 Å². The normalized spacial score (nSPS) is 20.3. The van der Waals surface area contributed by atoms with Crippen molar-refractivity contribution in [1.82, 2.24) is 19.4 Å². The predicted octanol–water partition coefficient (Wildman–Crippen LogP) is 0.0488. The number of carbonyl (C=O) groups excluding carboxylic acids is 2. The van der Waals surface area contributed by atoms with Gasteiger partial charge in [0, 0.05) is 31.4 Å². The van der Waals surface area contributed by atoms with Gasteiger partial charge in [-0.1, -0.05) is 0 Å². The van der Waals surface area contributed by atoms with Crippen molar-refractivity contribution in [3.8, 4) is 5.75 Å². The van der Waals surface area contributed by atoms with Gasteiger partial charge in [-0.3, -0.25) is 23.9 Å². The van der Waals surface area contributed by atoms with Gasteiger partial charge in [-0.05, 0) is 25.1 Å². The standard InChI is InChI=1S/C22H22N4O7/c1-12-8-25(22(31)23-20(12)29)11-18(27)26-5-7-33-17-10-24(9-15(17)26)21(30)14-2-3-16-13(19(14)28)4-6-32-16/h2-4,6,8,15,17,28H,5,7,9-11H2,1H3,(H,23,29,31)/t15-,17+/m0/s1. The zero-order valence-electron chi connectivity index (χ0n) is 17.8. The Morgan fingerprint density at radius 3 is 2.85 bits per heavy atom. The van der Waals surface area contributed by atoms with Crippen molar-refractivity contribution in [2.75, 3.05) is 26.2 Å². The summed E-state index contributed by atoms with van der Waals surface area (Å²) in [5.41, 5.74) is -0.189.